The zero-order chi connectivity index (χ0) is 30.1. The molecule has 0 spiro atoms. The van der Waals surface area contributed by atoms with Crippen molar-refractivity contribution < 1.29 is 29.0 Å². The number of urea groups is 2. The Balaban J connectivity index is 1.23. The van der Waals surface area contributed by atoms with Gasteiger partial charge in [-0.05, 0) is 66.8 Å². The number of nitrogens with zero attached hydrogens (tertiary/aromatic N) is 1. The number of methoxy groups -OCH3 is 1. The summed E-state index contributed by atoms with van der Waals surface area (Å²) in [6.45, 7) is 2.94. The number of rotatable bonds is 9. The van der Waals surface area contributed by atoms with Gasteiger partial charge < -0.3 is 36.0 Å². The first-order chi connectivity index (χ1) is 20.2. The highest BCUT2D eigenvalue weighted by Gasteiger charge is 2.24. The number of piperidine rings is 1. The minimum Gasteiger partial charge on any atom is -0.495 e. The molecule has 1 saturated heterocycles. The summed E-state index contributed by atoms with van der Waals surface area (Å²) in [4.78, 5) is 50.5. The number of carboxylic acids is 1. The molecule has 42 heavy (non-hydrogen) atoms. The number of hydrogen-bond acceptors (Lipinski definition) is 5. The van der Waals surface area contributed by atoms with Gasteiger partial charge in [-0.25, -0.2) is 9.59 Å². The lowest BCUT2D eigenvalue weighted by atomic mass is 10.0. The number of aryl methyl sites for hydroxylation is 1. The van der Waals surface area contributed by atoms with E-state index in [-0.39, 0.29) is 30.8 Å². The molecular weight excluding hydrogens is 538 g/mol. The molecule has 0 atom stereocenters. The Morgan fingerprint density at radius 1 is 0.833 bits per heavy atom. The second-order valence-corrected chi connectivity index (χ2v) is 10.1. The summed E-state index contributed by atoms with van der Waals surface area (Å²) < 4.78 is 5.47. The Hall–Kier alpha value is -5.06. The standard InChI is InChI=1S/C31H35N5O6/c1-20-5-3-4-6-25(20)34-31(41)35-26-12-9-22(17-27(26)42-2)18-28(37)36-15-13-24(14-16-36)33-30(40)32-23-10-7-21(8-11-23)19-29(38)39/h3-12,17,24H,13-16,18-19H2,1-2H3,(H,38,39)(H2,32,33,40)(H2,34,35,41). The number of amides is 5. The highest BCUT2D eigenvalue weighted by atomic mass is 16.5. The summed E-state index contributed by atoms with van der Waals surface area (Å²) >= 11 is 0. The van der Waals surface area contributed by atoms with Gasteiger partial charge in [-0.3, -0.25) is 9.59 Å². The lowest BCUT2D eigenvalue weighted by Crippen LogP contribution is -2.47. The molecular formula is C31H35N5O6. The van der Waals surface area contributed by atoms with Crippen LogP contribution in [-0.2, 0) is 22.4 Å². The Bertz CT molecular complexity index is 1430. The Labute approximate surface area is 244 Å². The molecule has 220 valence electrons. The van der Waals surface area contributed by atoms with E-state index in [4.69, 9.17) is 9.84 Å². The van der Waals surface area contributed by atoms with Crippen molar-refractivity contribution in [1.29, 1.82) is 0 Å². The van der Waals surface area contributed by atoms with Gasteiger partial charge in [0.2, 0.25) is 5.91 Å². The van der Waals surface area contributed by atoms with Gasteiger partial charge in [0.05, 0.1) is 25.6 Å². The summed E-state index contributed by atoms with van der Waals surface area (Å²) in [6.07, 6.45) is 1.35. The van der Waals surface area contributed by atoms with Crippen molar-refractivity contribution in [2.75, 3.05) is 36.1 Å². The molecule has 0 radical (unpaired) electrons. The molecule has 0 saturated carbocycles. The van der Waals surface area contributed by atoms with Gasteiger partial charge in [0.25, 0.3) is 0 Å². The molecule has 3 aromatic carbocycles. The largest absolute Gasteiger partial charge is 0.495 e. The monoisotopic (exact) mass is 573 g/mol. The average Bonchev–Trinajstić information content (AvgIpc) is 2.96. The van der Waals surface area contributed by atoms with E-state index < -0.39 is 12.0 Å². The van der Waals surface area contributed by atoms with Gasteiger partial charge in [-0.2, -0.15) is 0 Å². The van der Waals surface area contributed by atoms with Crippen LogP contribution in [0.4, 0.5) is 26.7 Å². The number of carbonyl (C=O) groups excluding carboxylic acids is 3. The van der Waals surface area contributed by atoms with Crippen LogP contribution in [0.15, 0.2) is 66.7 Å². The second kappa shape index (κ2) is 14.0. The van der Waals surface area contributed by atoms with Crippen LogP contribution in [0.3, 0.4) is 0 Å². The SMILES string of the molecule is COc1cc(CC(=O)N2CCC(NC(=O)Nc3ccc(CC(=O)O)cc3)CC2)ccc1NC(=O)Nc1ccccc1C. The number of carboxylic acid groups (broad SMARTS) is 1. The Morgan fingerprint density at radius 2 is 1.50 bits per heavy atom. The molecule has 1 heterocycles. The van der Waals surface area contributed by atoms with Crippen molar-refractivity contribution in [2.24, 2.45) is 0 Å². The van der Waals surface area contributed by atoms with Crippen LogP contribution in [0.2, 0.25) is 0 Å². The van der Waals surface area contributed by atoms with Crippen molar-refractivity contribution in [2.45, 2.75) is 38.6 Å². The number of ether oxygens (including phenoxy) is 1. The van der Waals surface area contributed by atoms with Crippen molar-refractivity contribution in [3.63, 3.8) is 0 Å². The van der Waals surface area contributed by atoms with Crippen LogP contribution in [0, 0.1) is 6.92 Å². The van der Waals surface area contributed by atoms with Crippen LogP contribution >= 0.6 is 0 Å². The van der Waals surface area contributed by atoms with Gasteiger partial charge in [-0.1, -0.05) is 36.4 Å². The highest BCUT2D eigenvalue weighted by Crippen LogP contribution is 2.27. The average molecular weight is 574 g/mol. The van der Waals surface area contributed by atoms with E-state index >= 15 is 0 Å². The number of carbonyl (C=O) groups is 4. The predicted molar refractivity (Wildman–Crippen MR) is 160 cm³/mol. The van der Waals surface area contributed by atoms with Crippen LogP contribution in [0.5, 0.6) is 5.75 Å². The summed E-state index contributed by atoms with van der Waals surface area (Å²) in [6, 6.07) is 18.6. The van der Waals surface area contributed by atoms with Gasteiger partial charge in [0.15, 0.2) is 0 Å². The number of nitrogens with one attached hydrogen (secondary N) is 4. The summed E-state index contributed by atoms with van der Waals surface area (Å²) in [7, 11) is 1.51. The van der Waals surface area contributed by atoms with E-state index in [2.05, 4.69) is 21.3 Å². The number of anilines is 3. The molecule has 4 rings (SSSR count). The Morgan fingerprint density at radius 3 is 2.17 bits per heavy atom. The van der Waals surface area contributed by atoms with Crippen molar-refractivity contribution in [1.82, 2.24) is 10.2 Å². The van der Waals surface area contributed by atoms with Crippen LogP contribution in [-0.4, -0.2) is 60.2 Å². The van der Waals surface area contributed by atoms with Gasteiger partial charge in [0.1, 0.15) is 5.75 Å². The van der Waals surface area contributed by atoms with Crippen molar-refractivity contribution in [3.8, 4) is 5.75 Å². The van der Waals surface area contributed by atoms with Crippen LogP contribution in [0.1, 0.15) is 29.5 Å². The molecule has 5 N–H and O–H groups in total. The molecule has 0 aliphatic carbocycles. The molecule has 0 unspecified atom stereocenters. The third-order valence-electron chi connectivity index (χ3n) is 7.01. The molecule has 1 aliphatic heterocycles. The smallest absolute Gasteiger partial charge is 0.323 e. The molecule has 3 aromatic rings. The number of aliphatic carboxylic acids is 1. The number of hydrogen-bond donors (Lipinski definition) is 5. The van der Waals surface area contributed by atoms with E-state index in [1.807, 2.05) is 31.2 Å². The third-order valence-corrected chi connectivity index (χ3v) is 7.01. The van der Waals surface area contributed by atoms with Crippen LogP contribution < -0.4 is 26.0 Å². The lowest BCUT2D eigenvalue weighted by Gasteiger charge is -2.32. The maximum atomic E-state index is 13.0. The van der Waals surface area contributed by atoms with Gasteiger partial charge >= 0.3 is 18.0 Å². The first-order valence-electron chi connectivity index (χ1n) is 13.7. The van der Waals surface area contributed by atoms with E-state index in [1.54, 1.807) is 47.4 Å². The normalized spacial score (nSPS) is 13.1. The predicted octanol–water partition coefficient (Wildman–Crippen LogP) is 4.63. The van der Waals surface area contributed by atoms with Crippen molar-refractivity contribution in [3.05, 3.63) is 83.4 Å². The highest BCUT2D eigenvalue weighted by molar-refractivity contribution is 6.01. The maximum Gasteiger partial charge on any atom is 0.323 e. The summed E-state index contributed by atoms with van der Waals surface area (Å²) in [5, 5.41) is 20.2. The molecule has 11 nitrogen and oxygen atoms in total. The molecule has 11 heteroatoms. The molecule has 1 fully saturated rings. The van der Waals surface area contributed by atoms with E-state index in [1.165, 1.54) is 7.11 Å². The van der Waals surface area contributed by atoms with E-state index in [0.29, 0.717) is 54.3 Å². The minimum atomic E-state index is -0.913. The quantitative estimate of drug-likeness (QED) is 0.252. The molecule has 0 aromatic heterocycles. The number of para-hydroxylation sites is 1. The zero-order valence-corrected chi connectivity index (χ0v) is 23.6. The minimum absolute atomic E-state index is 0.0283. The fourth-order valence-corrected chi connectivity index (χ4v) is 4.73. The first-order valence-corrected chi connectivity index (χ1v) is 13.7. The van der Waals surface area contributed by atoms with Crippen LogP contribution in [0.25, 0.3) is 0 Å². The lowest BCUT2D eigenvalue weighted by molar-refractivity contribution is -0.136. The van der Waals surface area contributed by atoms with Gasteiger partial charge in [0, 0.05) is 30.5 Å². The second-order valence-electron chi connectivity index (χ2n) is 10.1. The molecule has 5 amide bonds. The summed E-state index contributed by atoms with van der Waals surface area (Å²) in [5.74, 6) is -0.492. The maximum absolute atomic E-state index is 13.0. The first kappa shape index (κ1) is 29.9. The number of likely N-dealkylation sites (tertiary alicyclic amines) is 1. The summed E-state index contributed by atoms with van der Waals surface area (Å²) in [5.41, 5.74) is 4.12. The third kappa shape index (κ3) is 8.47. The zero-order valence-electron chi connectivity index (χ0n) is 23.6. The topological polar surface area (TPSA) is 149 Å². The fourth-order valence-electron chi connectivity index (χ4n) is 4.73. The van der Waals surface area contributed by atoms with Gasteiger partial charge in [-0.15, -0.1) is 0 Å². The number of benzene rings is 3. The fraction of sp³-hybridized carbons (Fsp3) is 0.290. The molecule has 1 aliphatic rings. The molecule has 0 bridgehead atoms. The Kier molecular flexibility index (Phi) is 9.99. The van der Waals surface area contributed by atoms with E-state index in [0.717, 1.165) is 11.1 Å². The van der Waals surface area contributed by atoms with Crippen molar-refractivity contribution >= 4 is 41.0 Å². The van der Waals surface area contributed by atoms with E-state index in [9.17, 15) is 19.2 Å².